The van der Waals surface area contributed by atoms with Gasteiger partial charge in [-0.3, -0.25) is 4.79 Å². The van der Waals surface area contributed by atoms with Crippen LogP contribution in [0.1, 0.15) is 6.92 Å². The first-order valence-electron chi connectivity index (χ1n) is 3.18. The number of hydrogen-bond donors (Lipinski definition) is 1. The number of carbonyl (C=O) groups excluding carboxylic acids is 1. The highest BCUT2D eigenvalue weighted by atomic mass is 35.5. The topological polar surface area (TPSA) is 42.0 Å². The van der Waals surface area contributed by atoms with Crippen molar-refractivity contribution < 1.29 is 9.18 Å². The van der Waals surface area contributed by atoms with Crippen molar-refractivity contribution in [2.75, 3.05) is 5.32 Å². The van der Waals surface area contributed by atoms with Gasteiger partial charge in [0.2, 0.25) is 5.91 Å². The second kappa shape index (κ2) is 3.49. The number of anilines is 1. The van der Waals surface area contributed by atoms with E-state index < -0.39 is 5.82 Å². The minimum Gasteiger partial charge on any atom is -0.311 e. The summed E-state index contributed by atoms with van der Waals surface area (Å²) in [6.07, 6.45) is 1.14. The molecule has 0 saturated heterocycles. The van der Waals surface area contributed by atoms with E-state index in [1.807, 2.05) is 0 Å². The molecule has 0 bridgehead atoms. The summed E-state index contributed by atoms with van der Waals surface area (Å²) in [5, 5.41) is 2.26. The minimum absolute atomic E-state index is 0.0656. The van der Waals surface area contributed by atoms with Gasteiger partial charge < -0.3 is 5.32 Å². The van der Waals surface area contributed by atoms with Crippen molar-refractivity contribution in [2.45, 2.75) is 6.92 Å². The van der Waals surface area contributed by atoms with Crippen LogP contribution in [0.5, 0.6) is 0 Å². The lowest BCUT2D eigenvalue weighted by molar-refractivity contribution is -0.114. The summed E-state index contributed by atoms with van der Waals surface area (Å²) in [5.74, 6) is -0.746. The molecule has 5 heteroatoms. The first-order chi connectivity index (χ1) is 5.59. The van der Waals surface area contributed by atoms with Crippen molar-refractivity contribution in [3.8, 4) is 0 Å². The highest BCUT2D eigenvalue weighted by molar-refractivity contribution is 6.30. The lowest BCUT2D eigenvalue weighted by atomic mass is 10.4. The molecule has 0 atom stereocenters. The Labute approximate surface area is 73.6 Å². The van der Waals surface area contributed by atoms with E-state index in [-0.39, 0.29) is 16.7 Å². The highest BCUT2D eigenvalue weighted by Gasteiger charge is 2.02. The van der Waals surface area contributed by atoms with Gasteiger partial charge in [0.1, 0.15) is 11.6 Å². The van der Waals surface area contributed by atoms with Gasteiger partial charge in [0.15, 0.2) is 0 Å². The number of carbonyl (C=O) groups is 1. The normalized spacial score (nSPS) is 9.58. The van der Waals surface area contributed by atoms with Crippen molar-refractivity contribution in [1.82, 2.24) is 4.98 Å². The fourth-order valence-corrected chi connectivity index (χ4v) is 0.766. The fourth-order valence-electron chi connectivity index (χ4n) is 0.663. The lowest BCUT2D eigenvalue weighted by Gasteiger charge is -2.00. The number of hydrogen-bond acceptors (Lipinski definition) is 2. The Kier molecular flexibility index (Phi) is 2.60. The number of amides is 1. The van der Waals surface area contributed by atoms with Crippen LogP contribution in [-0.2, 0) is 4.79 Å². The molecular weight excluding hydrogens is 183 g/mol. The van der Waals surface area contributed by atoms with E-state index in [0.29, 0.717) is 0 Å². The summed E-state index contributed by atoms with van der Waals surface area (Å²) in [4.78, 5) is 14.2. The maximum absolute atomic E-state index is 12.7. The largest absolute Gasteiger partial charge is 0.311 e. The third-order valence-corrected chi connectivity index (χ3v) is 1.39. The molecule has 0 aliphatic rings. The third-order valence-electron chi connectivity index (χ3n) is 1.11. The van der Waals surface area contributed by atoms with E-state index >= 15 is 0 Å². The predicted molar refractivity (Wildman–Crippen MR) is 43.5 cm³/mol. The van der Waals surface area contributed by atoms with Gasteiger partial charge in [-0.15, -0.1) is 0 Å². The van der Waals surface area contributed by atoms with E-state index in [1.165, 1.54) is 6.92 Å². The number of halogens is 2. The number of pyridine rings is 1. The van der Waals surface area contributed by atoms with Gasteiger partial charge in [0.05, 0.1) is 11.2 Å². The standard InChI is InChI=1S/C7H6ClFN2O/c1-4(12)11-7-2-6(9)5(8)3-10-7/h2-3H,1H3,(H,10,11,12). The molecule has 1 amide bonds. The molecular formula is C7H6ClFN2O. The minimum atomic E-state index is -0.601. The smallest absolute Gasteiger partial charge is 0.222 e. The van der Waals surface area contributed by atoms with Crippen LogP contribution in [-0.4, -0.2) is 10.9 Å². The monoisotopic (exact) mass is 188 g/mol. The van der Waals surface area contributed by atoms with Crippen LogP contribution in [0.3, 0.4) is 0 Å². The van der Waals surface area contributed by atoms with Gasteiger partial charge in [0.25, 0.3) is 0 Å². The lowest BCUT2D eigenvalue weighted by Crippen LogP contribution is -2.07. The second-order valence-electron chi connectivity index (χ2n) is 2.16. The van der Waals surface area contributed by atoms with Crippen molar-refractivity contribution in [2.24, 2.45) is 0 Å². The molecule has 0 spiro atoms. The van der Waals surface area contributed by atoms with Crippen LogP contribution < -0.4 is 5.32 Å². The summed E-state index contributed by atoms with van der Waals surface area (Å²) in [5.41, 5.74) is 0. The van der Waals surface area contributed by atoms with Gasteiger partial charge in [-0.2, -0.15) is 0 Å². The summed E-state index contributed by atoms with van der Waals surface area (Å²) in [6, 6.07) is 1.06. The van der Waals surface area contributed by atoms with Crippen molar-refractivity contribution in [1.29, 1.82) is 0 Å². The Morgan fingerprint density at radius 1 is 1.75 bits per heavy atom. The van der Waals surface area contributed by atoms with E-state index in [0.717, 1.165) is 12.3 Å². The van der Waals surface area contributed by atoms with Crippen LogP contribution in [0.15, 0.2) is 12.3 Å². The molecule has 0 aliphatic carbocycles. The quantitative estimate of drug-likeness (QED) is 0.731. The third kappa shape index (κ3) is 2.17. The molecule has 1 N–H and O–H groups in total. The number of aromatic nitrogens is 1. The molecule has 1 aromatic rings. The Balaban J connectivity index is 2.89. The van der Waals surface area contributed by atoms with Crippen LogP contribution >= 0.6 is 11.6 Å². The zero-order chi connectivity index (χ0) is 9.14. The maximum atomic E-state index is 12.7. The average Bonchev–Trinajstić information content (AvgIpc) is 1.96. The Morgan fingerprint density at radius 3 is 2.92 bits per heavy atom. The molecule has 0 aromatic carbocycles. The fraction of sp³-hybridized carbons (Fsp3) is 0.143. The summed E-state index contributed by atoms with van der Waals surface area (Å²) in [6.45, 7) is 1.31. The van der Waals surface area contributed by atoms with Crippen LogP contribution in [0.4, 0.5) is 10.2 Å². The maximum Gasteiger partial charge on any atom is 0.222 e. The van der Waals surface area contributed by atoms with Crippen molar-refractivity contribution in [3.05, 3.63) is 23.1 Å². The molecule has 0 radical (unpaired) electrons. The highest BCUT2D eigenvalue weighted by Crippen LogP contribution is 2.15. The molecule has 64 valence electrons. The average molecular weight is 189 g/mol. The Morgan fingerprint density at radius 2 is 2.42 bits per heavy atom. The number of nitrogens with one attached hydrogen (secondary N) is 1. The number of nitrogens with zero attached hydrogens (tertiary/aromatic N) is 1. The molecule has 1 heterocycles. The summed E-state index contributed by atoms with van der Waals surface area (Å²) < 4.78 is 12.7. The molecule has 0 unspecified atom stereocenters. The molecule has 1 aromatic heterocycles. The molecule has 0 saturated carbocycles. The molecule has 0 aliphatic heterocycles. The Hall–Kier alpha value is -1.16. The molecule has 0 fully saturated rings. The van der Waals surface area contributed by atoms with Gasteiger partial charge in [-0.25, -0.2) is 9.37 Å². The first-order valence-corrected chi connectivity index (χ1v) is 3.56. The van der Waals surface area contributed by atoms with E-state index in [4.69, 9.17) is 11.6 Å². The zero-order valence-corrected chi connectivity index (χ0v) is 7.02. The van der Waals surface area contributed by atoms with Crippen LogP contribution in [0.2, 0.25) is 5.02 Å². The SMILES string of the molecule is CC(=O)Nc1cc(F)c(Cl)cn1. The van der Waals surface area contributed by atoms with Gasteiger partial charge in [0, 0.05) is 13.0 Å². The Bertz CT molecular complexity index is 316. The van der Waals surface area contributed by atoms with Crippen LogP contribution in [0, 0.1) is 5.82 Å². The zero-order valence-electron chi connectivity index (χ0n) is 6.27. The predicted octanol–water partition coefficient (Wildman–Crippen LogP) is 1.83. The van der Waals surface area contributed by atoms with E-state index in [9.17, 15) is 9.18 Å². The van der Waals surface area contributed by atoms with Gasteiger partial charge in [-0.1, -0.05) is 11.6 Å². The van der Waals surface area contributed by atoms with E-state index in [2.05, 4.69) is 10.3 Å². The molecule has 1 rings (SSSR count). The van der Waals surface area contributed by atoms with Crippen molar-refractivity contribution >= 4 is 23.3 Å². The molecule has 3 nitrogen and oxygen atoms in total. The molecule has 12 heavy (non-hydrogen) atoms. The van der Waals surface area contributed by atoms with Gasteiger partial charge >= 0.3 is 0 Å². The second-order valence-corrected chi connectivity index (χ2v) is 2.57. The van der Waals surface area contributed by atoms with E-state index in [1.54, 1.807) is 0 Å². The number of rotatable bonds is 1. The van der Waals surface area contributed by atoms with Crippen LogP contribution in [0.25, 0.3) is 0 Å². The van der Waals surface area contributed by atoms with Gasteiger partial charge in [-0.05, 0) is 0 Å². The first kappa shape index (κ1) is 8.93. The van der Waals surface area contributed by atoms with Crippen molar-refractivity contribution in [3.63, 3.8) is 0 Å². The summed E-state index contributed by atoms with van der Waals surface area (Å²) in [7, 11) is 0. The summed E-state index contributed by atoms with van der Waals surface area (Å²) >= 11 is 5.37.